The van der Waals surface area contributed by atoms with E-state index in [4.69, 9.17) is 0 Å². The van der Waals surface area contributed by atoms with Gasteiger partial charge in [0.05, 0.1) is 0 Å². The van der Waals surface area contributed by atoms with Gasteiger partial charge < -0.3 is 0 Å². The second-order valence-corrected chi connectivity index (χ2v) is 1.97. The predicted octanol–water partition coefficient (Wildman–Crippen LogP) is 2.96. The van der Waals surface area contributed by atoms with Crippen LogP contribution >= 0.6 is 0 Å². The summed E-state index contributed by atoms with van der Waals surface area (Å²) in [6, 6.07) is 0. The van der Waals surface area contributed by atoms with Crippen LogP contribution in [0.25, 0.3) is 0 Å². The summed E-state index contributed by atoms with van der Waals surface area (Å²) in [5.41, 5.74) is 0. The largest absolute Gasteiger partial charge is 0.103 e. The zero-order chi connectivity index (χ0) is 6.24. The molecule has 0 aliphatic rings. The molecule has 0 nitrogen and oxygen atoms in total. The molecular weight excluding hydrogens is 97.1 g/mol. The number of allylic oxidation sites excluding steroid dienone is 1. The summed E-state index contributed by atoms with van der Waals surface area (Å²) < 4.78 is 0. The fraction of sp³-hybridized carbons (Fsp3) is 0.625. The standard InChI is InChI=1S/C8H15/c1-3-5-7-8-6-4-2/h3,5H,1,4,6-8H2,2H3/i7+1. The van der Waals surface area contributed by atoms with E-state index < -0.39 is 0 Å². The van der Waals surface area contributed by atoms with Crippen LogP contribution in [-0.2, 0) is 0 Å². The summed E-state index contributed by atoms with van der Waals surface area (Å²) >= 11 is 0. The average Bonchev–Trinajstić information content (AvgIpc) is 1.81. The molecule has 0 rings (SSSR count). The Morgan fingerprint density at radius 1 is 1.38 bits per heavy atom. The van der Waals surface area contributed by atoms with Gasteiger partial charge in [-0.2, -0.15) is 0 Å². The summed E-state index contributed by atoms with van der Waals surface area (Å²) in [6.45, 7) is 5.82. The molecule has 0 spiro atoms. The molecular formula is C8H15. The van der Waals surface area contributed by atoms with Crippen molar-refractivity contribution in [3.8, 4) is 0 Å². The molecule has 0 atom stereocenters. The van der Waals surface area contributed by atoms with Crippen LogP contribution in [0.15, 0.2) is 12.7 Å². The van der Waals surface area contributed by atoms with E-state index in [2.05, 4.69) is 19.9 Å². The minimum atomic E-state index is 1.21. The van der Waals surface area contributed by atoms with Crippen molar-refractivity contribution >= 4 is 0 Å². The third kappa shape index (κ3) is 5.74. The molecule has 0 heterocycles. The Bertz CT molecular complexity index is 46.0. The molecule has 0 aromatic rings. The van der Waals surface area contributed by atoms with E-state index in [1.54, 1.807) is 0 Å². The maximum Gasteiger partial charge on any atom is -0.0173 e. The van der Waals surface area contributed by atoms with Gasteiger partial charge in [0, 0.05) is 0 Å². The van der Waals surface area contributed by atoms with Gasteiger partial charge >= 0.3 is 0 Å². The van der Waals surface area contributed by atoms with Crippen LogP contribution in [-0.4, -0.2) is 0 Å². The van der Waals surface area contributed by atoms with Crippen LogP contribution in [0.4, 0.5) is 0 Å². The van der Waals surface area contributed by atoms with Gasteiger partial charge in [-0.3, -0.25) is 0 Å². The summed E-state index contributed by atoms with van der Waals surface area (Å²) in [6.07, 6.45) is 9.18. The maximum absolute atomic E-state index is 3.60. The third-order valence-electron chi connectivity index (χ3n) is 1.14. The average molecular weight is 112 g/mol. The highest BCUT2D eigenvalue weighted by atomic mass is 14.2. The highest BCUT2D eigenvalue weighted by molar-refractivity contribution is 4.85. The normalized spacial score (nSPS) is 9.12. The minimum Gasteiger partial charge on any atom is -0.103 e. The van der Waals surface area contributed by atoms with E-state index >= 15 is 0 Å². The molecule has 0 saturated heterocycles. The lowest BCUT2D eigenvalue weighted by Gasteiger charge is -1.91. The second kappa shape index (κ2) is 6.74. The molecule has 0 saturated carbocycles. The summed E-state index contributed by atoms with van der Waals surface area (Å²) in [4.78, 5) is 0. The molecule has 0 heteroatoms. The highest BCUT2D eigenvalue weighted by Crippen LogP contribution is 2.00. The quantitative estimate of drug-likeness (QED) is 0.379. The molecule has 0 aliphatic carbocycles. The van der Waals surface area contributed by atoms with Gasteiger partial charge in [0.1, 0.15) is 0 Å². The molecule has 0 aromatic carbocycles. The van der Waals surface area contributed by atoms with Gasteiger partial charge in [-0.1, -0.05) is 32.3 Å². The zero-order valence-electron chi connectivity index (χ0n) is 5.69. The Morgan fingerprint density at radius 2 is 2.12 bits per heavy atom. The molecule has 0 N–H and O–H groups in total. The molecule has 0 aromatic heterocycles. The Labute approximate surface area is 52.6 Å². The van der Waals surface area contributed by atoms with Crippen molar-refractivity contribution in [2.75, 3.05) is 0 Å². The van der Waals surface area contributed by atoms with E-state index in [-0.39, 0.29) is 0 Å². The zero-order valence-corrected chi connectivity index (χ0v) is 5.69. The van der Waals surface area contributed by atoms with Crippen molar-refractivity contribution in [3.05, 3.63) is 19.1 Å². The van der Waals surface area contributed by atoms with Crippen molar-refractivity contribution in [2.24, 2.45) is 0 Å². The summed E-state index contributed by atoms with van der Waals surface area (Å²) in [7, 11) is 0. The SMILES string of the molecule is C=C[CH][13CH2]CCCC. The Morgan fingerprint density at radius 3 is 2.62 bits per heavy atom. The fourth-order valence-electron chi connectivity index (χ4n) is 0.630. The predicted molar refractivity (Wildman–Crippen MR) is 38.6 cm³/mol. The van der Waals surface area contributed by atoms with Crippen molar-refractivity contribution in [1.82, 2.24) is 0 Å². The third-order valence-corrected chi connectivity index (χ3v) is 1.14. The first-order valence-corrected chi connectivity index (χ1v) is 3.36. The van der Waals surface area contributed by atoms with Crippen LogP contribution < -0.4 is 0 Å². The molecule has 8 heavy (non-hydrogen) atoms. The molecule has 0 amide bonds. The first-order valence-electron chi connectivity index (χ1n) is 3.36. The monoisotopic (exact) mass is 112 g/mol. The molecule has 1 radical (unpaired) electrons. The lowest BCUT2D eigenvalue weighted by atomic mass is 10.3. The van der Waals surface area contributed by atoms with Crippen molar-refractivity contribution in [3.63, 3.8) is 0 Å². The van der Waals surface area contributed by atoms with Crippen LogP contribution in [0.3, 0.4) is 0 Å². The van der Waals surface area contributed by atoms with Crippen LogP contribution in [0, 0.1) is 6.42 Å². The lowest BCUT2D eigenvalue weighted by molar-refractivity contribution is 0.717. The second-order valence-electron chi connectivity index (χ2n) is 1.97. The van der Waals surface area contributed by atoms with E-state index in [1.165, 1.54) is 25.7 Å². The van der Waals surface area contributed by atoms with Crippen molar-refractivity contribution in [2.45, 2.75) is 32.6 Å². The summed E-state index contributed by atoms with van der Waals surface area (Å²) in [5.74, 6) is 0. The van der Waals surface area contributed by atoms with E-state index in [0.717, 1.165) is 0 Å². The molecule has 0 fully saturated rings. The van der Waals surface area contributed by atoms with Gasteiger partial charge in [0.15, 0.2) is 0 Å². The number of hydrogen-bond donors (Lipinski definition) is 0. The topological polar surface area (TPSA) is 0 Å². The molecule has 0 bridgehead atoms. The van der Waals surface area contributed by atoms with E-state index in [0.29, 0.717) is 0 Å². The van der Waals surface area contributed by atoms with Gasteiger partial charge in [-0.05, 0) is 12.8 Å². The van der Waals surface area contributed by atoms with E-state index in [9.17, 15) is 0 Å². The van der Waals surface area contributed by atoms with Gasteiger partial charge in [0.25, 0.3) is 0 Å². The molecule has 0 unspecified atom stereocenters. The number of unbranched alkanes of at least 4 members (excludes halogenated alkanes) is 4. The van der Waals surface area contributed by atoms with Crippen molar-refractivity contribution in [1.29, 1.82) is 0 Å². The number of hydrogen-bond acceptors (Lipinski definition) is 0. The Kier molecular flexibility index (Phi) is 6.52. The first kappa shape index (κ1) is 7.74. The van der Waals surface area contributed by atoms with Gasteiger partial charge in [-0.15, -0.1) is 6.58 Å². The first-order chi connectivity index (χ1) is 3.91. The Balaban J connectivity index is 2.62. The maximum atomic E-state index is 3.60. The fourth-order valence-corrected chi connectivity index (χ4v) is 0.630. The number of rotatable bonds is 5. The Hall–Kier alpha value is -0.260. The van der Waals surface area contributed by atoms with Gasteiger partial charge in [-0.25, -0.2) is 0 Å². The lowest BCUT2D eigenvalue weighted by Crippen LogP contribution is -1.72. The van der Waals surface area contributed by atoms with Crippen molar-refractivity contribution < 1.29 is 0 Å². The summed E-state index contributed by atoms with van der Waals surface area (Å²) in [5, 5.41) is 0. The van der Waals surface area contributed by atoms with Crippen LogP contribution in [0.5, 0.6) is 0 Å². The van der Waals surface area contributed by atoms with Crippen LogP contribution in [0.2, 0.25) is 0 Å². The molecule has 0 aliphatic heterocycles. The molecule has 47 valence electrons. The van der Waals surface area contributed by atoms with E-state index in [1.807, 2.05) is 6.08 Å². The van der Waals surface area contributed by atoms with Gasteiger partial charge in [0.2, 0.25) is 0 Å². The van der Waals surface area contributed by atoms with Crippen LogP contribution in [0.1, 0.15) is 32.6 Å². The minimum absolute atomic E-state index is 1.21. The smallest absolute Gasteiger partial charge is 0.0173 e. The highest BCUT2D eigenvalue weighted by Gasteiger charge is 1.81.